The van der Waals surface area contributed by atoms with Crippen LogP contribution < -0.4 is 0 Å². The molecule has 0 unspecified atom stereocenters. The smallest absolute Gasteiger partial charge is 0.343 e. The van der Waals surface area contributed by atoms with E-state index in [2.05, 4.69) is 0 Å². The number of carbonyl (C=O) groups excluding carboxylic acids is 2. The van der Waals surface area contributed by atoms with E-state index in [0.717, 1.165) is 6.07 Å². The van der Waals surface area contributed by atoms with Crippen LogP contribution in [-0.2, 0) is 4.74 Å². The van der Waals surface area contributed by atoms with E-state index < -0.39 is 18.4 Å². The number of hydrogen-bond donors (Lipinski definition) is 0. The second-order valence-corrected chi connectivity index (χ2v) is 6.96. The zero-order valence-corrected chi connectivity index (χ0v) is 15.1. The van der Waals surface area contributed by atoms with Gasteiger partial charge < -0.3 is 4.74 Å². The van der Waals surface area contributed by atoms with Gasteiger partial charge in [-0.25, -0.2) is 9.18 Å². The van der Waals surface area contributed by atoms with Gasteiger partial charge in [-0.3, -0.25) is 4.79 Å². The monoisotopic (exact) mass is 374 g/mol. The first-order valence-electron chi connectivity index (χ1n) is 8.80. The maximum atomic E-state index is 13.7. The fourth-order valence-electron chi connectivity index (χ4n) is 3.36. The molecule has 1 saturated carbocycles. The highest BCUT2D eigenvalue weighted by molar-refractivity contribution is 6.33. The van der Waals surface area contributed by atoms with Crippen LogP contribution in [0.3, 0.4) is 0 Å². The fourth-order valence-corrected chi connectivity index (χ4v) is 3.60. The summed E-state index contributed by atoms with van der Waals surface area (Å²) in [7, 11) is 0. The quantitative estimate of drug-likeness (QED) is 0.507. The SMILES string of the molecule is O=C(COC(=O)c1c(F)cccc1Cl)c1ccc(C2CCCCC2)cc1. The molecule has 3 rings (SSSR count). The molecule has 0 heterocycles. The largest absolute Gasteiger partial charge is 0.454 e. The summed E-state index contributed by atoms with van der Waals surface area (Å²) in [4.78, 5) is 24.2. The van der Waals surface area contributed by atoms with Gasteiger partial charge in [0.05, 0.1) is 5.02 Å². The van der Waals surface area contributed by atoms with Crippen molar-refractivity contribution in [2.75, 3.05) is 6.61 Å². The average molecular weight is 375 g/mol. The molecule has 0 amide bonds. The van der Waals surface area contributed by atoms with E-state index >= 15 is 0 Å². The number of esters is 1. The summed E-state index contributed by atoms with van der Waals surface area (Å²) in [6.45, 7) is -0.452. The van der Waals surface area contributed by atoms with Gasteiger partial charge in [-0.05, 0) is 36.5 Å². The maximum absolute atomic E-state index is 13.7. The molecule has 0 spiro atoms. The van der Waals surface area contributed by atoms with Crippen molar-refractivity contribution in [1.82, 2.24) is 0 Å². The molecule has 0 N–H and O–H groups in total. The highest BCUT2D eigenvalue weighted by atomic mass is 35.5. The predicted molar refractivity (Wildman–Crippen MR) is 98.3 cm³/mol. The summed E-state index contributed by atoms with van der Waals surface area (Å²) in [6.07, 6.45) is 6.17. The molecule has 3 nitrogen and oxygen atoms in total. The Hall–Kier alpha value is -2.20. The minimum Gasteiger partial charge on any atom is -0.454 e. The van der Waals surface area contributed by atoms with Gasteiger partial charge in [0.1, 0.15) is 11.4 Å². The summed E-state index contributed by atoms with van der Waals surface area (Å²) in [5, 5.41) is -0.0423. The topological polar surface area (TPSA) is 43.4 Å². The van der Waals surface area contributed by atoms with Gasteiger partial charge in [-0.1, -0.05) is 61.2 Å². The molecule has 136 valence electrons. The second kappa shape index (κ2) is 8.45. The lowest BCUT2D eigenvalue weighted by molar-refractivity contribution is 0.0470. The second-order valence-electron chi connectivity index (χ2n) is 6.55. The number of benzene rings is 2. The Morgan fingerprint density at radius 2 is 1.73 bits per heavy atom. The normalized spacial score (nSPS) is 14.8. The van der Waals surface area contributed by atoms with E-state index in [9.17, 15) is 14.0 Å². The predicted octanol–water partition coefficient (Wildman–Crippen LogP) is 5.57. The summed E-state index contributed by atoms with van der Waals surface area (Å²) < 4.78 is 18.6. The maximum Gasteiger partial charge on any atom is 0.343 e. The summed E-state index contributed by atoms with van der Waals surface area (Å²) >= 11 is 5.82. The van der Waals surface area contributed by atoms with Crippen molar-refractivity contribution in [2.45, 2.75) is 38.0 Å². The Balaban J connectivity index is 1.60. The average Bonchev–Trinajstić information content (AvgIpc) is 2.67. The number of hydrogen-bond acceptors (Lipinski definition) is 3. The number of halogens is 2. The molecule has 2 aromatic rings. The molecule has 0 atom stereocenters. The van der Waals surface area contributed by atoms with Crippen LogP contribution in [0.5, 0.6) is 0 Å². The third-order valence-electron chi connectivity index (χ3n) is 4.81. The molecule has 0 aliphatic heterocycles. The zero-order valence-electron chi connectivity index (χ0n) is 14.3. The molecule has 0 radical (unpaired) electrons. The van der Waals surface area contributed by atoms with Crippen LogP contribution in [-0.4, -0.2) is 18.4 Å². The molecule has 5 heteroatoms. The lowest BCUT2D eigenvalue weighted by Crippen LogP contribution is -2.16. The van der Waals surface area contributed by atoms with E-state index in [1.807, 2.05) is 12.1 Å². The van der Waals surface area contributed by atoms with Crippen LogP contribution in [0.1, 0.15) is 64.3 Å². The van der Waals surface area contributed by atoms with Crippen LogP contribution in [0.4, 0.5) is 4.39 Å². The van der Waals surface area contributed by atoms with Gasteiger partial charge in [-0.2, -0.15) is 0 Å². The Morgan fingerprint density at radius 3 is 2.38 bits per heavy atom. The first-order valence-corrected chi connectivity index (χ1v) is 9.18. The minimum atomic E-state index is -0.944. The Labute approximate surface area is 157 Å². The zero-order chi connectivity index (χ0) is 18.5. The van der Waals surface area contributed by atoms with Crippen molar-refractivity contribution < 1.29 is 18.7 Å². The Bertz CT molecular complexity index is 775. The number of ketones is 1. The molecular weight excluding hydrogens is 355 g/mol. The number of Topliss-reactive ketones (excluding diaryl/α,β-unsaturated/α-hetero) is 1. The van der Waals surface area contributed by atoms with E-state index in [1.54, 1.807) is 12.1 Å². The molecule has 26 heavy (non-hydrogen) atoms. The standard InChI is InChI=1S/C21H20ClFO3/c22-17-7-4-8-18(23)20(17)21(25)26-13-19(24)16-11-9-15(10-12-16)14-5-2-1-3-6-14/h4,7-12,14H,1-3,5-6,13H2. The summed E-state index contributed by atoms with van der Waals surface area (Å²) in [5.41, 5.74) is 1.36. The highest BCUT2D eigenvalue weighted by Gasteiger charge is 2.19. The van der Waals surface area contributed by atoms with Crippen molar-refractivity contribution >= 4 is 23.4 Å². The summed E-state index contributed by atoms with van der Waals surface area (Å²) in [6, 6.07) is 11.4. The molecular formula is C21H20ClFO3. The van der Waals surface area contributed by atoms with Gasteiger partial charge in [0.25, 0.3) is 0 Å². The van der Waals surface area contributed by atoms with Crippen molar-refractivity contribution in [1.29, 1.82) is 0 Å². The van der Waals surface area contributed by atoms with Gasteiger partial charge >= 0.3 is 5.97 Å². The van der Waals surface area contributed by atoms with E-state index in [4.69, 9.17) is 16.3 Å². The van der Waals surface area contributed by atoms with Crippen LogP contribution in [0.25, 0.3) is 0 Å². The molecule has 0 aromatic heterocycles. The number of ether oxygens (including phenoxy) is 1. The van der Waals surface area contributed by atoms with Crippen LogP contribution in [0.15, 0.2) is 42.5 Å². The first kappa shape index (κ1) is 18.6. The molecule has 1 aliphatic rings. The van der Waals surface area contributed by atoms with Gasteiger partial charge in [0.15, 0.2) is 12.4 Å². The van der Waals surface area contributed by atoms with E-state index in [-0.39, 0.29) is 16.4 Å². The van der Waals surface area contributed by atoms with Gasteiger partial charge in [0.2, 0.25) is 0 Å². The summed E-state index contributed by atoms with van der Waals surface area (Å²) in [5.74, 6) is -1.48. The minimum absolute atomic E-state index is 0.0423. The molecule has 1 fully saturated rings. The fraction of sp³-hybridized carbons (Fsp3) is 0.333. The van der Waals surface area contributed by atoms with Crippen molar-refractivity contribution in [3.63, 3.8) is 0 Å². The highest BCUT2D eigenvalue weighted by Crippen LogP contribution is 2.32. The molecule has 1 aliphatic carbocycles. The van der Waals surface area contributed by atoms with Crippen LogP contribution in [0, 0.1) is 5.82 Å². The Kier molecular flexibility index (Phi) is 6.04. The lowest BCUT2D eigenvalue weighted by atomic mass is 9.84. The van der Waals surface area contributed by atoms with E-state index in [0.29, 0.717) is 11.5 Å². The third kappa shape index (κ3) is 4.31. The van der Waals surface area contributed by atoms with Crippen molar-refractivity contribution in [3.05, 3.63) is 70.0 Å². The van der Waals surface area contributed by atoms with Crippen LogP contribution in [0.2, 0.25) is 5.02 Å². The third-order valence-corrected chi connectivity index (χ3v) is 5.13. The Morgan fingerprint density at radius 1 is 1.04 bits per heavy atom. The number of carbonyl (C=O) groups is 2. The number of rotatable bonds is 5. The van der Waals surface area contributed by atoms with Gasteiger partial charge in [-0.15, -0.1) is 0 Å². The van der Waals surface area contributed by atoms with Crippen LogP contribution >= 0.6 is 11.6 Å². The molecule has 0 saturated heterocycles. The van der Waals surface area contributed by atoms with Gasteiger partial charge in [0, 0.05) is 5.56 Å². The molecule has 2 aromatic carbocycles. The van der Waals surface area contributed by atoms with Crippen molar-refractivity contribution in [2.24, 2.45) is 0 Å². The molecule has 0 bridgehead atoms. The first-order chi connectivity index (χ1) is 12.6. The van der Waals surface area contributed by atoms with Crippen molar-refractivity contribution in [3.8, 4) is 0 Å². The lowest BCUT2D eigenvalue weighted by Gasteiger charge is -2.22. The van der Waals surface area contributed by atoms with E-state index in [1.165, 1.54) is 49.8 Å².